The maximum absolute atomic E-state index is 12.8. The molecule has 0 N–H and O–H groups in total. The molecule has 3 fully saturated rings. The second kappa shape index (κ2) is 4.90. The van der Waals surface area contributed by atoms with Gasteiger partial charge >= 0.3 is 0 Å². The van der Waals surface area contributed by atoms with Gasteiger partial charge in [0.05, 0.1) is 17.5 Å². The third-order valence-electron chi connectivity index (χ3n) is 5.07. The first-order chi connectivity index (χ1) is 10.0. The molecule has 2 aliphatic carbocycles. The molecule has 3 nitrogen and oxygen atoms in total. The predicted octanol–water partition coefficient (Wildman–Crippen LogP) is 3.73. The van der Waals surface area contributed by atoms with Crippen LogP contribution in [0.15, 0.2) is 28.7 Å². The Balaban J connectivity index is 1.73. The van der Waals surface area contributed by atoms with Crippen LogP contribution in [-0.2, 0) is 9.59 Å². The number of carbonyl (C=O) groups excluding carboxylic acids is 2. The van der Waals surface area contributed by atoms with Gasteiger partial charge in [0.2, 0.25) is 11.8 Å². The molecule has 0 aromatic heterocycles. The Morgan fingerprint density at radius 2 is 1.38 bits per heavy atom. The highest BCUT2D eigenvalue weighted by atomic mass is 79.9. The van der Waals surface area contributed by atoms with Gasteiger partial charge in [-0.15, -0.1) is 0 Å². The second-order valence-corrected chi connectivity index (χ2v) is 9.02. The lowest BCUT2D eigenvalue weighted by atomic mass is 9.81. The Morgan fingerprint density at radius 3 is 1.86 bits per heavy atom. The van der Waals surface area contributed by atoms with Crippen molar-refractivity contribution < 1.29 is 9.59 Å². The Labute approximate surface area is 147 Å². The fraction of sp³-hybridized carbons (Fsp3) is 0.467. The maximum Gasteiger partial charge on any atom is 0.238 e. The van der Waals surface area contributed by atoms with Crippen molar-refractivity contribution in [3.8, 4) is 0 Å². The van der Waals surface area contributed by atoms with Gasteiger partial charge in [-0.3, -0.25) is 14.5 Å². The van der Waals surface area contributed by atoms with Crippen molar-refractivity contribution in [1.29, 1.82) is 0 Å². The van der Waals surface area contributed by atoms with Gasteiger partial charge in [-0.25, -0.2) is 0 Å². The van der Waals surface area contributed by atoms with Crippen molar-refractivity contribution in [2.45, 2.75) is 16.1 Å². The summed E-state index contributed by atoms with van der Waals surface area (Å²) < 4.78 is 0.937. The summed E-state index contributed by atoms with van der Waals surface area (Å²) >= 11 is 10.8. The van der Waals surface area contributed by atoms with E-state index in [0.717, 1.165) is 10.9 Å². The Morgan fingerprint density at radius 1 is 0.905 bits per heavy atom. The summed E-state index contributed by atoms with van der Waals surface area (Å²) in [7, 11) is 0. The van der Waals surface area contributed by atoms with E-state index in [4.69, 9.17) is 0 Å². The zero-order valence-corrected chi connectivity index (χ0v) is 15.6. The highest BCUT2D eigenvalue weighted by Gasteiger charge is 2.66. The van der Waals surface area contributed by atoms with E-state index >= 15 is 0 Å². The number of benzene rings is 1. The normalized spacial score (nSPS) is 41.0. The first-order valence-electron chi connectivity index (χ1n) is 6.92. The Hall–Kier alpha value is -0.200. The minimum atomic E-state index is -0.149. The minimum Gasteiger partial charge on any atom is -0.274 e. The molecule has 1 saturated heterocycles. The average Bonchev–Trinajstić information content (AvgIpc) is 3.06. The average molecular weight is 478 g/mol. The molecule has 1 aliphatic heterocycles. The van der Waals surface area contributed by atoms with Crippen LogP contribution in [0, 0.1) is 23.7 Å². The van der Waals surface area contributed by atoms with Gasteiger partial charge in [0.15, 0.2) is 0 Å². The number of rotatable bonds is 1. The monoisotopic (exact) mass is 475 g/mol. The zero-order valence-electron chi connectivity index (χ0n) is 10.9. The summed E-state index contributed by atoms with van der Waals surface area (Å²) in [5, 5.41) is 0. The highest BCUT2D eigenvalue weighted by Crippen LogP contribution is 2.60. The fourth-order valence-corrected chi connectivity index (χ4v) is 6.33. The molecule has 0 spiro atoms. The summed E-state index contributed by atoms with van der Waals surface area (Å²) in [5.74, 6) is 0.184. The van der Waals surface area contributed by atoms with Crippen molar-refractivity contribution in [3.63, 3.8) is 0 Å². The fourth-order valence-electron chi connectivity index (χ4n) is 4.19. The summed E-state index contributed by atoms with van der Waals surface area (Å²) in [6.45, 7) is 0. The van der Waals surface area contributed by atoms with Crippen LogP contribution in [0.25, 0.3) is 0 Å². The molecule has 6 heteroatoms. The van der Waals surface area contributed by atoms with Crippen LogP contribution in [0.1, 0.15) is 6.42 Å². The van der Waals surface area contributed by atoms with Crippen LogP contribution in [0.5, 0.6) is 0 Å². The summed E-state index contributed by atoms with van der Waals surface area (Å²) in [4.78, 5) is 27.5. The van der Waals surface area contributed by atoms with Gasteiger partial charge < -0.3 is 0 Å². The van der Waals surface area contributed by atoms with Crippen LogP contribution in [-0.4, -0.2) is 21.5 Å². The third kappa shape index (κ3) is 1.88. The highest BCUT2D eigenvalue weighted by molar-refractivity contribution is 9.12. The van der Waals surface area contributed by atoms with Crippen molar-refractivity contribution >= 4 is 65.3 Å². The number of imide groups is 1. The van der Waals surface area contributed by atoms with Crippen LogP contribution in [0.4, 0.5) is 5.69 Å². The van der Waals surface area contributed by atoms with E-state index in [2.05, 4.69) is 47.8 Å². The number of carbonyl (C=O) groups is 2. The molecule has 1 aromatic rings. The molecule has 1 aromatic carbocycles. The Kier molecular flexibility index (Phi) is 3.36. The van der Waals surface area contributed by atoms with Gasteiger partial charge in [-0.1, -0.05) is 47.8 Å². The van der Waals surface area contributed by atoms with Crippen LogP contribution >= 0.6 is 47.8 Å². The standard InChI is InChI=1S/C15H12Br3NO2/c16-6-1-3-7(4-2-6)19-14(20)10-8-5-9(11(10)15(19)21)13(18)12(8)17/h1-4,8-13H,5H2/t8-,9-,10-,11-,12+,13+/m1/s1. The van der Waals surface area contributed by atoms with E-state index in [1.54, 1.807) is 0 Å². The predicted molar refractivity (Wildman–Crippen MR) is 90.6 cm³/mol. The molecule has 2 bridgehead atoms. The minimum absolute atomic E-state index is 0.0244. The number of halogens is 3. The molecular weight excluding hydrogens is 466 g/mol. The van der Waals surface area contributed by atoms with E-state index in [9.17, 15) is 9.59 Å². The number of anilines is 1. The number of hydrogen-bond donors (Lipinski definition) is 0. The molecule has 3 aliphatic rings. The molecule has 0 radical (unpaired) electrons. The summed E-state index contributed by atoms with van der Waals surface area (Å²) in [6.07, 6.45) is 0.965. The van der Waals surface area contributed by atoms with Gasteiger partial charge in [0.25, 0.3) is 0 Å². The smallest absolute Gasteiger partial charge is 0.238 e. The van der Waals surface area contributed by atoms with Crippen molar-refractivity contribution in [3.05, 3.63) is 28.7 Å². The van der Waals surface area contributed by atoms with E-state index < -0.39 is 0 Å². The molecule has 4 rings (SSSR count). The number of amides is 2. The molecule has 6 atom stereocenters. The van der Waals surface area contributed by atoms with Gasteiger partial charge in [-0.05, 0) is 42.5 Å². The van der Waals surface area contributed by atoms with Gasteiger partial charge in [0.1, 0.15) is 0 Å². The number of fused-ring (bicyclic) bond motifs is 5. The molecule has 1 heterocycles. The molecule has 21 heavy (non-hydrogen) atoms. The van der Waals surface area contributed by atoms with Gasteiger partial charge in [0, 0.05) is 14.1 Å². The van der Waals surface area contributed by atoms with E-state index in [-0.39, 0.29) is 45.1 Å². The largest absolute Gasteiger partial charge is 0.274 e. The van der Waals surface area contributed by atoms with Crippen molar-refractivity contribution in [2.75, 3.05) is 4.90 Å². The van der Waals surface area contributed by atoms with E-state index in [1.807, 2.05) is 24.3 Å². The van der Waals surface area contributed by atoms with E-state index in [1.165, 1.54) is 4.90 Å². The lowest BCUT2D eigenvalue weighted by Crippen LogP contribution is -2.37. The quantitative estimate of drug-likeness (QED) is 0.456. The third-order valence-corrected chi connectivity index (χ3v) is 8.81. The molecule has 110 valence electrons. The number of hydrogen-bond acceptors (Lipinski definition) is 2. The number of nitrogens with zero attached hydrogens (tertiary/aromatic N) is 1. The summed E-state index contributed by atoms with van der Waals surface area (Å²) in [5.41, 5.74) is 0.680. The Bertz CT molecular complexity index is 600. The molecule has 0 unspecified atom stereocenters. The first-order valence-corrected chi connectivity index (χ1v) is 9.54. The topological polar surface area (TPSA) is 37.4 Å². The molecular formula is C15H12Br3NO2. The van der Waals surface area contributed by atoms with E-state index in [0.29, 0.717) is 5.69 Å². The lowest BCUT2D eigenvalue weighted by Gasteiger charge is -2.28. The maximum atomic E-state index is 12.8. The van der Waals surface area contributed by atoms with Crippen molar-refractivity contribution in [2.24, 2.45) is 23.7 Å². The molecule has 2 saturated carbocycles. The lowest BCUT2D eigenvalue weighted by molar-refractivity contribution is -0.123. The first kappa shape index (κ1) is 14.4. The molecule has 2 amide bonds. The summed E-state index contributed by atoms with van der Waals surface area (Å²) in [6, 6.07) is 7.36. The van der Waals surface area contributed by atoms with Crippen LogP contribution in [0.3, 0.4) is 0 Å². The van der Waals surface area contributed by atoms with Gasteiger partial charge in [-0.2, -0.15) is 0 Å². The zero-order chi connectivity index (χ0) is 14.9. The van der Waals surface area contributed by atoms with Crippen LogP contribution < -0.4 is 4.90 Å². The van der Waals surface area contributed by atoms with Crippen molar-refractivity contribution in [1.82, 2.24) is 0 Å². The number of alkyl halides is 2. The SMILES string of the molecule is O=C1[C@@H]2[C@H]3C[C@@H]([C@H](Br)[C@H]3Br)[C@H]2C(=O)N1c1ccc(Br)cc1. The second-order valence-electron chi connectivity index (χ2n) is 5.99. The van der Waals surface area contributed by atoms with Crippen LogP contribution in [0.2, 0.25) is 0 Å².